The Morgan fingerprint density at radius 1 is 0.392 bits per heavy atom. The SMILES string of the molecule is CCCCCC/C=C\C/C=C\CCCCCCCCCC(=O)OC(COC(=O)CCCCCCCCCCCCCCCCCCCCCCCCCCC/C=C\CCCCCCCCCC)COP(=O)([O-])OCC[N+](C)(C)C. The highest BCUT2D eigenvalue weighted by atomic mass is 31.2. The molecule has 0 amide bonds. The minimum absolute atomic E-state index is 0.0308. The molecule has 0 aromatic rings. The van der Waals surface area contributed by atoms with Crippen molar-refractivity contribution in [3.05, 3.63) is 36.5 Å². The summed E-state index contributed by atoms with van der Waals surface area (Å²) >= 11 is 0. The Kier molecular flexibility index (Phi) is 59.4. The molecule has 0 N–H and O–H groups in total. The molecule has 0 heterocycles. The van der Waals surface area contributed by atoms with Crippen LogP contribution in [-0.2, 0) is 32.7 Å². The molecule has 0 aromatic carbocycles. The van der Waals surface area contributed by atoms with E-state index in [9.17, 15) is 19.0 Å². The Balaban J connectivity index is 3.91. The van der Waals surface area contributed by atoms with E-state index in [2.05, 4.69) is 50.3 Å². The number of phosphoric ester groups is 1. The molecule has 10 heteroatoms. The summed E-state index contributed by atoms with van der Waals surface area (Å²) in [5.41, 5.74) is 0. The van der Waals surface area contributed by atoms with Gasteiger partial charge in [-0.1, -0.05) is 294 Å². The highest BCUT2D eigenvalue weighted by molar-refractivity contribution is 7.45. The molecule has 0 fully saturated rings. The first-order chi connectivity index (χ1) is 38.5. The number of quaternary nitrogens is 1. The fraction of sp³-hybridized carbons (Fsp3) is 0.884. The normalized spacial score (nSPS) is 13.3. The van der Waals surface area contributed by atoms with Crippen LogP contribution in [0.15, 0.2) is 36.5 Å². The molecule has 0 bridgehead atoms. The first-order valence-corrected chi connectivity index (χ1v) is 35.7. The lowest BCUT2D eigenvalue weighted by molar-refractivity contribution is -0.870. The first kappa shape index (κ1) is 77.2. The second-order valence-corrected chi connectivity index (χ2v) is 25.9. The Bertz CT molecular complexity index is 1430. The predicted molar refractivity (Wildman–Crippen MR) is 337 cm³/mol. The number of hydrogen-bond donors (Lipinski definition) is 0. The fourth-order valence-electron chi connectivity index (χ4n) is 10.1. The summed E-state index contributed by atoms with van der Waals surface area (Å²) in [5, 5.41) is 0. The van der Waals surface area contributed by atoms with E-state index in [1.165, 1.54) is 257 Å². The smallest absolute Gasteiger partial charge is 0.306 e. The molecule has 0 aliphatic heterocycles. The van der Waals surface area contributed by atoms with Gasteiger partial charge in [0.1, 0.15) is 19.8 Å². The van der Waals surface area contributed by atoms with Crippen molar-refractivity contribution in [2.45, 2.75) is 347 Å². The summed E-state index contributed by atoms with van der Waals surface area (Å²) in [6.07, 6.45) is 76.7. The summed E-state index contributed by atoms with van der Waals surface area (Å²) in [5.74, 6) is -0.826. The van der Waals surface area contributed by atoms with E-state index in [4.69, 9.17) is 18.5 Å². The maximum atomic E-state index is 12.8. The lowest BCUT2D eigenvalue weighted by Gasteiger charge is -2.28. The molecule has 2 unspecified atom stereocenters. The second-order valence-electron chi connectivity index (χ2n) is 24.5. The van der Waals surface area contributed by atoms with Gasteiger partial charge in [-0.15, -0.1) is 0 Å². The van der Waals surface area contributed by atoms with E-state index in [0.29, 0.717) is 17.4 Å². The highest BCUT2D eigenvalue weighted by Gasteiger charge is 2.22. The maximum absolute atomic E-state index is 12.8. The number of nitrogens with zero attached hydrogens (tertiary/aromatic N) is 1. The minimum atomic E-state index is -4.64. The van der Waals surface area contributed by atoms with E-state index in [0.717, 1.165) is 51.4 Å². The standard InChI is InChI=1S/C69H132NO8P/c1-6-8-10-12-14-16-18-20-22-24-26-27-28-29-30-31-32-33-34-35-36-37-38-39-40-41-42-43-44-46-47-49-51-53-55-57-59-61-68(71)75-65-67(66-77-79(73,74)76-64-63-70(3,4)5)78-69(72)62-60-58-56-54-52-50-48-45-25-23-21-19-17-15-13-11-9-7-2/h17,19,23-26,67H,6-16,18,20-22,27-66H2,1-5H3/b19-17-,25-23-,26-24-. The molecule has 0 aliphatic carbocycles. The van der Waals surface area contributed by atoms with E-state index in [1.54, 1.807) is 0 Å². The van der Waals surface area contributed by atoms with Crippen molar-refractivity contribution in [1.82, 2.24) is 0 Å². The molecule has 0 aliphatic rings. The van der Waals surface area contributed by atoms with Crippen LogP contribution in [-0.4, -0.2) is 70.0 Å². The quantitative estimate of drug-likeness (QED) is 0.0195. The van der Waals surface area contributed by atoms with Gasteiger partial charge in [0, 0.05) is 12.8 Å². The summed E-state index contributed by atoms with van der Waals surface area (Å²) in [6, 6.07) is 0. The van der Waals surface area contributed by atoms with Gasteiger partial charge in [0.15, 0.2) is 6.10 Å². The van der Waals surface area contributed by atoms with Gasteiger partial charge in [0.05, 0.1) is 27.7 Å². The van der Waals surface area contributed by atoms with Crippen LogP contribution in [0.3, 0.4) is 0 Å². The fourth-order valence-corrected chi connectivity index (χ4v) is 10.8. The van der Waals surface area contributed by atoms with Gasteiger partial charge in [0.2, 0.25) is 0 Å². The largest absolute Gasteiger partial charge is 0.756 e. The maximum Gasteiger partial charge on any atom is 0.306 e. The number of hydrogen-bond acceptors (Lipinski definition) is 8. The predicted octanol–water partition coefficient (Wildman–Crippen LogP) is 21.3. The first-order valence-electron chi connectivity index (χ1n) is 34.2. The van der Waals surface area contributed by atoms with E-state index < -0.39 is 26.5 Å². The molecule has 79 heavy (non-hydrogen) atoms. The molecule has 0 spiro atoms. The van der Waals surface area contributed by atoms with Crippen LogP contribution in [0.2, 0.25) is 0 Å². The zero-order valence-electron chi connectivity index (χ0n) is 53.1. The van der Waals surface area contributed by atoms with Crippen LogP contribution in [0, 0.1) is 0 Å². The molecule has 9 nitrogen and oxygen atoms in total. The summed E-state index contributed by atoms with van der Waals surface area (Å²) in [6.45, 7) is 4.26. The van der Waals surface area contributed by atoms with Crippen molar-refractivity contribution >= 4 is 19.8 Å². The molecule has 0 aromatic heterocycles. The van der Waals surface area contributed by atoms with Crippen molar-refractivity contribution in [3.63, 3.8) is 0 Å². The molecule has 0 saturated heterocycles. The number of likely N-dealkylation sites (N-methyl/N-ethyl adjacent to an activating group) is 1. The summed E-state index contributed by atoms with van der Waals surface area (Å²) < 4.78 is 34.2. The molecular formula is C69H132NO8P. The number of rotatable bonds is 64. The van der Waals surface area contributed by atoms with Crippen LogP contribution in [0.5, 0.6) is 0 Å². The number of unbranched alkanes of at least 4 members (excludes halogenated alkanes) is 44. The number of carbonyl (C=O) groups is 2. The number of ether oxygens (including phenoxy) is 2. The van der Waals surface area contributed by atoms with E-state index >= 15 is 0 Å². The van der Waals surface area contributed by atoms with Crippen LogP contribution in [0.1, 0.15) is 341 Å². The Morgan fingerprint density at radius 3 is 1.03 bits per heavy atom. The third kappa shape index (κ3) is 65.3. The van der Waals surface area contributed by atoms with Gasteiger partial charge in [-0.2, -0.15) is 0 Å². The second kappa shape index (κ2) is 60.8. The van der Waals surface area contributed by atoms with E-state index in [1.807, 2.05) is 21.1 Å². The van der Waals surface area contributed by atoms with Gasteiger partial charge in [-0.3, -0.25) is 14.2 Å². The third-order valence-electron chi connectivity index (χ3n) is 15.4. The van der Waals surface area contributed by atoms with Crippen LogP contribution in [0.4, 0.5) is 0 Å². The topological polar surface area (TPSA) is 111 Å². The van der Waals surface area contributed by atoms with Crippen LogP contribution in [0.25, 0.3) is 0 Å². The Morgan fingerprint density at radius 2 is 0.684 bits per heavy atom. The van der Waals surface area contributed by atoms with Gasteiger partial charge < -0.3 is 27.9 Å². The molecule has 2 atom stereocenters. The molecule has 0 saturated carbocycles. The van der Waals surface area contributed by atoms with Gasteiger partial charge in [0.25, 0.3) is 7.82 Å². The van der Waals surface area contributed by atoms with Crippen LogP contribution >= 0.6 is 7.82 Å². The minimum Gasteiger partial charge on any atom is -0.756 e. The van der Waals surface area contributed by atoms with Gasteiger partial charge in [-0.05, 0) is 70.6 Å². The summed E-state index contributed by atoms with van der Waals surface area (Å²) in [4.78, 5) is 37.9. The zero-order chi connectivity index (χ0) is 57.7. The van der Waals surface area contributed by atoms with Gasteiger partial charge >= 0.3 is 11.9 Å². The zero-order valence-corrected chi connectivity index (χ0v) is 54.0. The van der Waals surface area contributed by atoms with Gasteiger partial charge in [-0.25, -0.2) is 0 Å². The van der Waals surface area contributed by atoms with Crippen molar-refractivity contribution < 1.29 is 42.1 Å². The average molecular weight is 1130 g/mol. The van der Waals surface area contributed by atoms with Crippen molar-refractivity contribution in [3.8, 4) is 0 Å². The number of phosphoric acid groups is 1. The molecule has 466 valence electrons. The Hall–Kier alpha value is -1.77. The monoisotopic (exact) mass is 1130 g/mol. The number of esters is 2. The number of allylic oxidation sites excluding steroid dienone is 6. The Labute approximate surface area is 491 Å². The van der Waals surface area contributed by atoms with E-state index in [-0.39, 0.29) is 32.0 Å². The lowest BCUT2D eigenvalue weighted by Crippen LogP contribution is -2.37. The molecule has 0 rings (SSSR count). The molecular weight excluding hydrogens is 1000 g/mol. The lowest BCUT2D eigenvalue weighted by atomic mass is 10.0. The summed E-state index contributed by atoms with van der Waals surface area (Å²) in [7, 11) is 1.17. The number of carbonyl (C=O) groups excluding carboxylic acids is 2. The average Bonchev–Trinajstić information content (AvgIpc) is 3.41. The van der Waals surface area contributed by atoms with Crippen molar-refractivity contribution in [2.75, 3.05) is 47.5 Å². The van der Waals surface area contributed by atoms with Crippen LogP contribution < -0.4 is 4.89 Å². The van der Waals surface area contributed by atoms with Crippen molar-refractivity contribution in [2.24, 2.45) is 0 Å². The van der Waals surface area contributed by atoms with Crippen molar-refractivity contribution in [1.29, 1.82) is 0 Å². The molecule has 0 radical (unpaired) electrons. The third-order valence-corrected chi connectivity index (χ3v) is 16.3. The highest BCUT2D eigenvalue weighted by Crippen LogP contribution is 2.38.